The number of phenols is 1. The Bertz CT molecular complexity index is 959. The fraction of sp³-hybridized carbons (Fsp3) is 0.118. The zero-order valence-electron chi connectivity index (χ0n) is 13.8. The molecular formula is C17H12I2N2O6. The van der Waals surface area contributed by atoms with Crippen LogP contribution in [0.5, 0.6) is 5.75 Å². The zero-order chi connectivity index (χ0) is 19.7. The van der Waals surface area contributed by atoms with Gasteiger partial charge in [-0.25, -0.2) is 9.59 Å². The normalized spacial score (nSPS) is 15.4. The predicted octanol–water partition coefficient (Wildman–Crippen LogP) is 3.07. The first-order valence-corrected chi connectivity index (χ1v) is 9.65. The minimum atomic E-state index is -0.643. The van der Waals surface area contributed by atoms with E-state index in [1.54, 1.807) is 12.1 Å². The summed E-state index contributed by atoms with van der Waals surface area (Å²) in [6, 6.07) is 5.71. The van der Waals surface area contributed by atoms with Gasteiger partial charge in [0.25, 0.3) is 5.91 Å². The van der Waals surface area contributed by atoms with Crippen LogP contribution in [0.3, 0.4) is 0 Å². The summed E-state index contributed by atoms with van der Waals surface area (Å²) >= 11 is 3.97. The minimum Gasteiger partial charge on any atom is -0.506 e. The van der Waals surface area contributed by atoms with Gasteiger partial charge in [-0.15, -0.1) is 0 Å². The van der Waals surface area contributed by atoms with Gasteiger partial charge in [0.2, 0.25) is 5.76 Å². The van der Waals surface area contributed by atoms with Crippen molar-refractivity contribution in [2.24, 2.45) is 0 Å². The van der Waals surface area contributed by atoms with Crippen molar-refractivity contribution in [3.05, 3.63) is 54.2 Å². The van der Waals surface area contributed by atoms with Crippen molar-refractivity contribution in [3.8, 4) is 5.75 Å². The molecular weight excluding hydrogens is 582 g/mol. The molecule has 2 aromatic rings. The van der Waals surface area contributed by atoms with Crippen molar-refractivity contribution in [1.82, 2.24) is 10.2 Å². The van der Waals surface area contributed by atoms with Crippen LogP contribution in [0.1, 0.15) is 21.9 Å². The van der Waals surface area contributed by atoms with Gasteiger partial charge in [-0.2, -0.15) is 0 Å². The number of hydrogen-bond acceptors (Lipinski definition) is 6. The van der Waals surface area contributed by atoms with E-state index >= 15 is 0 Å². The molecule has 0 saturated carbocycles. The number of methoxy groups -OCH3 is 1. The smallest absolute Gasteiger partial charge is 0.373 e. The van der Waals surface area contributed by atoms with Crippen LogP contribution in [0.25, 0.3) is 6.08 Å². The summed E-state index contributed by atoms with van der Waals surface area (Å²) in [6.07, 6.45) is 1.53. The van der Waals surface area contributed by atoms with Gasteiger partial charge >= 0.3 is 12.0 Å². The van der Waals surface area contributed by atoms with E-state index in [1.807, 2.05) is 45.2 Å². The molecule has 27 heavy (non-hydrogen) atoms. The molecule has 0 unspecified atom stereocenters. The number of ether oxygens (including phenoxy) is 1. The molecule has 1 aromatic carbocycles. The standard InChI is InChI=1S/C17H12I2N2O6/c1-26-16(24)13-3-2-9(27-13)7-21-15(23)12(20-17(21)25)6-8-4-10(18)14(22)11(19)5-8/h2-6,22H,7H2,1H3,(H,20,25)/b12-6-. The van der Waals surface area contributed by atoms with Gasteiger partial charge in [-0.3, -0.25) is 9.69 Å². The van der Waals surface area contributed by atoms with Crippen LogP contribution in [-0.4, -0.2) is 35.0 Å². The monoisotopic (exact) mass is 594 g/mol. The number of carbonyl (C=O) groups is 3. The van der Waals surface area contributed by atoms with Crippen molar-refractivity contribution in [1.29, 1.82) is 0 Å². The number of halogens is 2. The molecule has 0 atom stereocenters. The average molecular weight is 594 g/mol. The lowest BCUT2D eigenvalue weighted by Gasteiger charge is -2.09. The van der Waals surface area contributed by atoms with Crippen LogP contribution in [0.15, 0.2) is 34.4 Å². The van der Waals surface area contributed by atoms with E-state index in [0.717, 1.165) is 4.90 Å². The minimum absolute atomic E-state index is 0.0106. The topological polar surface area (TPSA) is 109 Å². The second kappa shape index (κ2) is 7.88. The third-order valence-corrected chi connectivity index (χ3v) is 5.32. The Labute approximate surface area is 180 Å². The molecule has 2 heterocycles. The fourth-order valence-corrected chi connectivity index (χ4v) is 4.20. The molecule has 2 N–H and O–H groups in total. The number of nitrogens with zero attached hydrogens (tertiary/aromatic N) is 1. The number of aromatic hydroxyl groups is 1. The second-order valence-electron chi connectivity index (χ2n) is 5.47. The number of amides is 3. The molecule has 0 spiro atoms. The molecule has 1 aromatic heterocycles. The van der Waals surface area contributed by atoms with Gasteiger partial charge in [-0.05, 0) is 81.1 Å². The highest BCUT2D eigenvalue weighted by molar-refractivity contribution is 14.1. The number of esters is 1. The number of nitrogens with one attached hydrogen (secondary N) is 1. The van der Waals surface area contributed by atoms with Crippen LogP contribution in [0.4, 0.5) is 4.79 Å². The molecule has 3 rings (SSSR count). The van der Waals surface area contributed by atoms with E-state index in [-0.39, 0.29) is 29.5 Å². The first-order chi connectivity index (χ1) is 12.8. The van der Waals surface area contributed by atoms with Gasteiger partial charge in [0.15, 0.2) is 0 Å². The summed E-state index contributed by atoms with van der Waals surface area (Å²) in [5, 5.41) is 12.3. The number of furan rings is 1. The van der Waals surface area contributed by atoms with Crippen LogP contribution in [0, 0.1) is 7.14 Å². The second-order valence-corrected chi connectivity index (χ2v) is 7.79. The van der Waals surface area contributed by atoms with Crippen molar-refractivity contribution in [2.75, 3.05) is 7.11 Å². The highest BCUT2D eigenvalue weighted by Gasteiger charge is 2.34. The Morgan fingerprint density at radius 2 is 1.96 bits per heavy atom. The van der Waals surface area contributed by atoms with Crippen LogP contribution < -0.4 is 5.32 Å². The molecule has 0 aliphatic carbocycles. The Kier molecular flexibility index (Phi) is 5.74. The fourth-order valence-electron chi connectivity index (χ4n) is 2.38. The first kappa shape index (κ1) is 19.7. The maximum Gasteiger partial charge on any atom is 0.373 e. The Balaban J connectivity index is 1.81. The molecule has 0 radical (unpaired) electrons. The average Bonchev–Trinajstić information content (AvgIpc) is 3.20. The highest BCUT2D eigenvalue weighted by atomic mass is 127. The van der Waals surface area contributed by atoms with E-state index in [4.69, 9.17) is 4.42 Å². The lowest BCUT2D eigenvalue weighted by Crippen LogP contribution is -2.30. The van der Waals surface area contributed by atoms with Gasteiger partial charge in [0.1, 0.15) is 17.2 Å². The summed E-state index contributed by atoms with van der Waals surface area (Å²) in [5.41, 5.74) is 0.773. The molecule has 140 valence electrons. The summed E-state index contributed by atoms with van der Waals surface area (Å²) in [7, 11) is 1.23. The summed E-state index contributed by atoms with van der Waals surface area (Å²) in [4.78, 5) is 37.1. The lowest BCUT2D eigenvalue weighted by atomic mass is 10.2. The molecule has 8 nitrogen and oxygen atoms in total. The van der Waals surface area contributed by atoms with Gasteiger partial charge in [0, 0.05) is 0 Å². The number of urea groups is 1. The van der Waals surface area contributed by atoms with E-state index in [9.17, 15) is 19.5 Å². The van der Waals surface area contributed by atoms with Crippen LogP contribution >= 0.6 is 45.2 Å². The molecule has 1 fully saturated rings. The van der Waals surface area contributed by atoms with E-state index in [2.05, 4.69) is 10.1 Å². The van der Waals surface area contributed by atoms with Crippen LogP contribution in [-0.2, 0) is 16.1 Å². The third kappa shape index (κ3) is 4.10. The number of hydrogen-bond donors (Lipinski definition) is 2. The maximum absolute atomic E-state index is 12.5. The van der Waals surface area contributed by atoms with Crippen molar-refractivity contribution in [3.63, 3.8) is 0 Å². The molecule has 10 heteroatoms. The predicted molar refractivity (Wildman–Crippen MR) is 111 cm³/mol. The highest BCUT2D eigenvalue weighted by Crippen LogP contribution is 2.28. The summed E-state index contributed by atoms with van der Waals surface area (Å²) in [6.45, 7) is -0.121. The Hall–Kier alpha value is -2.09. The quantitative estimate of drug-likeness (QED) is 0.244. The van der Waals surface area contributed by atoms with E-state index in [0.29, 0.717) is 12.7 Å². The Morgan fingerprint density at radius 3 is 2.59 bits per heavy atom. The van der Waals surface area contributed by atoms with Crippen molar-refractivity contribution < 1.29 is 28.6 Å². The number of carbonyl (C=O) groups excluding carboxylic acids is 3. The van der Waals surface area contributed by atoms with Crippen molar-refractivity contribution in [2.45, 2.75) is 6.54 Å². The van der Waals surface area contributed by atoms with Gasteiger partial charge in [-0.1, -0.05) is 0 Å². The molecule has 0 bridgehead atoms. The SMILES string of the molecule is COC(=O)c1ccc(CN2C(=O)N/C(=C\c3cc(I)c(O)c(I)c3)C2=O)o1. The Morgan fingerprint density at radius 1 is 1.30 bits per heavy atom. The largest absolute Gasteiger partial charge is 0.506 e. The molecule has 1 aliphatic heterocycles. The van der Waals surface area contributed by atoms with Gasteiger partial charge in [0.05, 0.1) is 20.8 Å². The number of phenolic OH excluding ortho intramolecular Hbond substituents is 1. The third-order valence-electron chi connectivity index (χ3n) is 3.67. The number of rotatable bonds is 4. The van der Waals surface area contributed by atoms with Crippen LogP contribution in [0.2, 0.25) is 0 Å². The molecule has 3 amide bonds. The summed E-state index contributed by atoms with van der Waals surface area (Å²) in [5.74, 6) is -0.733. The van der Waals surface area contributed by atoms with E-state index < -0.39 is 17.9 Å². The zero-order valence-corrected chi connectivity index (χ0v) is 18.1. The number of benzene rings is 1. The molecule has 1 saturated heterocycles. The van der Waals surface area contributed by atoms with E-state index in [1.165, 1.54) is 25.3 Å². The first-order valence-electron chi connectivity index (χ1n) is 7.49. The molecule has 1 aliphatic rings. The van der Waals surface area contributed by atoms with Crippen molar-refractivity contribution >= 4 is 69.2 Å². The lowest BCUT2D eigenvalue weighted by molar-refractivity contribution is -0.123. The number of imide groups is 1. The summed E-state index contributed by atoms with van der Waals surface area (Å²) < 4.78 is 11.1. The van der Waals surface area contributed by atoms with Gasteiger partial charge < -0.3 is 19.6 Å². The maximum atomic E-state index is 12.5.